The fraction of sp³-hybridized carbons (Fsp3) is 0.350. The average molecular weight is 359 g/mol. The zero-order valence-electron chi connectivity index (χ0n) is 14.5. The van der Waals surface area contributed by atoms with Crippen LogP contribution in [0.2, 0.25) is 5.02 Å². The molecular formula is C20H23ClN2O2. The molecule has 0 unspecified atom stereocenters. The monoisotopic (exact) mass is 358 g/mol. The van der Waals surface area contributed by atoms with Crippen LogP contribution in [0.1, 0.15) is 17.5 Å². The van der Waals surface area contributed by atoms with Gasteiger partial charge in [-0.25, -0.2) is 0 Å². The molecule has 2 aromatic rings. The molecule has 2 aromatic carbocycles. The molecule has 1 fully saturated rings. The Morgan fingerprint density at radius 2 is 1.68 bits per heavy atom. The van der Waals surface area contributed by atoms with Gasteiger partial charge in [0.15, 0.2) is 0 Å². The quantitative estimate of drug-likeness (QED) is 0.819. The van der Waals surface area contributed by atoms with E-state index in [1.807, 2.05) is 47.4 Å². The van der Waals surface area contributed by atoms with Gasteiger partial charge in [-0.2, -0.15) is 0 Å². The minimum absolute atomic E-state index is 0.183. The summed E-state index contributed by atoms with van der Waals surface area (Å²) < 4.78 is 5.43. The molecule has 1 aliphatic rings. The smallest absolute Gasteiger partial charge is 0.224 e. The molecule has 0 radical (unpaired) electrons. The molecule has 4 nitrogen and oxygen atoms in total. The van der Waals surface area contributed by atoms with E-state index in [9.17, 15) is 4.79 Å². The first-order valence-corrected chi connectivity index (χ1v) is 8.90. The van der Waals surface area contributed by atoms with E-state index >= 15 is 0 Å². The summed E-state index contributed by atoms with van der Waals surface area (Å²) in [5.41, 5.74) is 2.15. The number of ether oxygens (including phenoxy) is 1. The van der Waals surface area contributed by atoms with Crippen LogP contribution in [0.5, 0.6) is 5.75 Å². The lowest BCUT2D eigenvalue weighted by Gasteiger charge is -2.23. The Morgan fingerprint density at radius 1 is 0.960 bits per heavy atom. The van der Waals surface area contributed by atoms with Gasteiger partial charge in [-0.3, -0.25) is 9.69 Å². The number of para-hydroxylation sites is 1. The topological polar surface area (TPSA) is 32.8 Å². The number of rotatable bonds is 5. The van der Waals surface area contributed by atoms with Gasteiger partial charge in [0, 0.05) is 49.7 Å². The Balaban J connectivity index is 1.65. The Labute approximate surface area is 154 Å². The lowest BCUT2D eigenvalue weighted by atomic mass is 10.2. The lowest BCUT2D eigenvalue weighted by molar-refractivity contribution is -0.130. The standard InChI is InChI=1S/C20H23ClN2O2/c1-25-19-9-5-3-7-17(19)14-22-11-10-20(24)23(13-12-22)15-16-6-2-4-8-18(16)21/h2-9H,10-15H2,1H3. The van der Waals surface area contributed by atoms with E-state index in [0.29, 0.717) is 24.5 Å². The van der Waals surface area contributed by atoms with E-state index in [1.54, 1.807) is 7.11 Å². The fourth-order valence-corrected chi connectivity index (χ4v) is 3.34. The first-order chi connectivity index (χ1) is 12.2. The van der Waals surface area contributed by atoms with Crippen molar-refractivity contribution in [2.24, 2.45) is 0 Å². The number of methoxy groups -OCH3 is 1. The van der Waals surface area contributed by atoms with Crippen molar-refractivity contribution in [1.82, 2.24) is 9.80 Å². The summed E-state index contributed by atoms with van der Waals surface area (Å²) in [6.45, 7) is 3.67. The molecule has 0 aliphatic carbocycles. The van der Waals surface area contributed by atoms with Gasteiger partial charge in [0.25, 0.3) is 0 Å². The van der Waals surface area contributed by atoms with Crippen LogP contribution >= 0.6 is 11.6 Å². The maximum absolute atomic E-state index is 12.5. The molecule has 1 amide bonds. The molecule has 0 atom stereocenters. The van der Waals surface area contributed by atoms with Crippen molar-refractivity contribution < 1.29 is 9.53 Å². The molecule has 0 aromatic heterocycles. The van der Waals surface area contributed by atoms with Crippen LogP contribution in [-0.2, 0) is 17.9 Å². The summed E-state index contributed by atoms with van der Waals surface area (Å²) in [6.07, 6.45) is 0.527. The maximum Gasteiger partial charge on any atom is 0.224 e. The number of hydrogen-bond acceptors (Lipinski definition) is 3. The highest BCUT2D eigenvalue weighted by molar-refractivity contribution is 6.31. The SMILES string of the molecule is COc1ccccc1CN1CCC(=O)N(Cc2ccccc2Cl)CC1. The second kappa shape index (κ2) is 8.37. The summed E-state index contributed by atoms with van der Waals surface area (Å²) in [5, 5.41) is 0.713. The molecular weight excluding hydrogens is 336 g/mol. The fourth-order valence-electron chi connectivity index (χ4n) is 3.14. The van der Waals surface area contributed by atoms with Gasteiger partial charge in [-0.1, -0.05) is 48.0 Å². The van der Waals surface area contributed by atoms with Gasteiger partial charge in [-0.05, 0) is 17.7 Å². The number of halogens is 1. The third kappa shape index (κ3) is 4.53. The van der Waals surface area contributed by atoms with Crippen LogP contribution in [-0.4, -0.2) is 42.5 Å². The van der Waals surface area contributed by atoms with Crippen molar-refractivity contribution >= 4 is 17.5 Å². The summed E-state index contributed by atoms with van der Waals surface area (Å²) in [5.74, 6) is 1.08. The highest BCUT2D eigenvalue weighted by Gasteiger charge is 2.22. The van der Waals surface area contributed by atoms with E-state index in [-0.39, 0.29) is 5.91 Å². The van der Waals surface area contributed by atoms with Crippen molar-refractivity contribution in [3.05, 3.63) is 64.7 Å². The molecule has 3 rings (SSSR count). The Hall–Kier alpha value is -2.04. The normalized spacial score (nSPS) is 15.9. The van der Waals surface area contributed by atoms with Gasteiger partial charge in [0.05, 0.1) is 7.11 Å². The van der Waals surface area contributed by atoms with Crippen LogP contribution in [0.15, 0.2) is 48.5 Å². The number of carbonyl (C=O) groups excluding carboxylic acids is 1. The summed E-state index contributed by atoms with van der Waals surface area (Å²) in [6, 6.07) is 15.8. The van der Waals surface area contributed by atoms with Crippen molar-refractivity contribution in [1.29, 1.82) is 0 Å². The molecule has 1 saturated heterocycles. The highest BCUT2D eigenvalue weighted by atomic mass is 35.5. The predicted octanol–water partition coefficient (Wildman–Crippen LogP) is 3.58. The van der Waals surface area contributed by atoms with Crippen molar-refractivity contribution in [2.75, 3.05) is 26.7 Å². The Morgan fingerprint density at radius 3 is 2.44 bits per heavy atom. The highest BCUT2D eigenvalue weighted by Crippen LogP contribution is 2.21. The van der Waals surface area contributed by atoms with E-state index in [1.165, 1.54) is 0 Å². The molecule has 0 bridgehead atoms. The largest absolute Gasteiger partial charge is 0.496 e. The van der Waals surface area contributed by atoms with Gasteiger partial charge in [0.1, 0.15) is 5.75 Å². The van der Waals surface area contributed by atoms with Crippen molar-refractivity contribution in [3.8, 4) is 5.75 Å². The summed E-state index contributed by atoms with van der Waals surface area (Å²) in [4.78, 5) is 16.7. The summed E-state index contributed by atoms with van der Waals surface area (Å²) >= 11 is 6.24. The van der Waals surface area contributed by atoms with E-state index in [4.69, 9.17) is 16.3 Å². The molecule has 25 heavy (non-hydrogen) atoms. The van der Waals surface area contributed by atoms with Gasteiger partial charge in [-0.15, -0.1) is 0 Å². The molecule has 132 valence electrons. The third-order valence-electron chi connectivity index (χ3n) is 4.59. The van der Waals surface area contributed by atoms with Crippen LogP contribution in [0.4, 0.5) is 0 Å². The first kappa shape index (κ1) is 17.8. The maximum atomic E-state index is 12.5. The predicted molar refractivity (Wildman–Crippen MR) is 99.8 cm³/mol. The average Bonchev–Trinajstić information content (AvgIpc) is 2.80. The number of benzene rings is 2. The Kier molecular flexibility index (Phi) is 5.95. The second-order valence-corrected chi connectivity index (χ2v) is 6.65. The van der Waals surface area contributed by atoms with Crippen LogP contribution in [0, 0.1) is 0 Å². The molecule has 1 heterocycles. The van der Waals surface area contributed by atoms with Gasteiger partial charge >= 0.3 is 0 Å². The lowest BCUT2D eigenvalue weighted by Crippen LogP contribution is -2.32. The molecule has 5 heteroatoms. The van der Waals surface area contributed by atoms with Crippen molar-refractivity contribution in [2.45, 2.75) is 19.5 Å². The third-order valence-corrected chi connectivity index (χ3v) is 4.95. The molecule has 0 spiro atoms. The molecule has 1 aliphatic heterocycles. The van der Waals surface area contributed by atoms with Crippen LogP contribution < -0.4 is 4.74 Å². The van der Waals surface area contributed by atoms with Crippen molar-refractivity contribution in [3.63, 3.8) is 0 Å². The second-order valence-electron chi connectivity index (χ2n) is 6.24. The van der Waals surface area contributed by atoms with Gasteiger partial charge in [0.2, 0.25) is 5.91 Å². The number of carbonyl (C=O) groups is 1. The van der Waals surface area contributed by atoms with E-state index < -0.39 is 0 Å². The minimum Gasteiger partial charge on any atom is -0.496 e. The Bertz CT molecular complexity index is 735. The zero-order chi connectivity index (χ0) is 17.6. The first-order valence-electron chi connectivity index (χ1n) is 8.53. The summed E-state index contributed by atoms with van der Waals surface area (Å²) in [7, 11) is 1.69. The number of hydrogen-bond donors (Lipinski definition) is 0. The number of amides is 1. The zero-order valence-corrected chi connectivity index (χ0v) is 15.2. The number of nitrogens with zero attached hydrogens (tertiary/aromatic N) is 2. The minimum atomic E-state index is 0.183. The van der Waals surface area contributed by atoms with E-state index in [0.717, 1.165) is 36.5 Å². The van der Waals surface area contributed by atoms with E-state index in [2.05, 4.69) is 11.0 Å². The van der Waals surface area contributed by atoms with Crippen LogP contribution in [0.3, 0.4) is 0 Å². The molecule has 0 N–H and O–H groups in total. The van der Waals surface area contributed by atoms with Crippen LogP contribution in [0.25, 0.3) is 0 Å². The molecule has 0 saturated carbocycles. The van der Waals surface area contributed by atoms with Gasteiger partial charge < -0.3 is 9.64 Å².